The molecule has 2 aromatic rings. The Hall–Kier alpha value is -1.57. The smallest absolute Gasteiger partial charge is 0.422 e. The van der Waals surface area contributed by atoms with Crippen LogP contribution in [0.1, 0.15) is 24.0 Å². The van der Waals surface area contributed by atoms with Crippen molar-refractivity contribution < 1.29 is 22.6 Å². The second-order valence-electron chi connectivity index (χ2n) is 7.06. The quantitative estimate of drug-likeness (QED) is 0.617. The summed E-state index contributed by atoms with van der Waals surface area (Å²) in [4.78, 5) is 0. The molecule has 0 bridgehead atoms. The first-order valence-electron chi connectivity index (χ1n) is 9.19. The van der Waals surface area contributed by atoms with Gasteiger partial charge in [0.15, 0.2) is 6.61 Å². The van der Waals surface area contributed by atoms with E-state index in [4.69, 9.17) is 9.47 Å². The van der Waals surface area contributed by atoms with Crippen LogP contribution in [0.15, 0.2) is 53.0 Å². The summed E-state index contributed by atoms with van der Waals surface area (Å²) in [7, 11) is 0. The van der Waals surface area contributed by atoms with E-state index in [1.54, 1.807) is 12.1 Å². The molecular formula is C21H23BrF3NO2. The second-order valence-corrected chi connectivity index (χ2v) is 7.97. The molecule has 0 radical (unpaired) electrons. The zero-order valence-corrected chi connectivity index (χ0v) is 17.0. The van der Waals surface area contributed by atoms with Gasteiger partial charge >= 0.3 is 6.18 Å². The highest BCUT2D eigenvalue weighted by Crippen LogP contribution is 2.35. The van der Waals surface area contributed by atoms with Crippen molar-refractivity contribution in [2.24, 2.45) is 0 Å². The molecule has 1 aliphatic heterocycles. The molecule has 2 aromatic carbocycles. The highest BCUT2D eigenvalue weighted by Gasteiger charge is 2.34. The zero-order chi connectivity index (χ0) is 20.0. The number of nitrogens with one attached hydrogen (secondary N) is 1. The predicted molar refractivity (Wildman–Crippen MR) is 106 cm³/mol. The fourth-order valence-electron chi connectivity index (χ4n) is 3.50. The minimum atomic E-state index is -4.34. The number of hydrogen-bond acceptors (Lipinski definition) is 3. The van der Waals surface area contributed by atoms with Crippen molar-refractivity contribution in [1.29, 1.82) is 0 Å². The summed E-state index contributed by atoms with van der Waals surface area (Å²) < 4.78 is 48.4. The molecule has 0 aromatic heterocycles. The van der Waals surface area contributed by atoms with Gasteiger partial charge in [0, 0.05) is 36.2 Å². The van der Waals surface area contributed by atoms with Crippen LogP contribution in [0.25, 0.3) is 0 Å². The molecule has 7 heteroatoms. The van der Waals surface area contributed by atoms with Crippen molar-refractivity contribution >= 4 is 15.9 Å². The first-order chi connectivity index (χ1) is 13.4. The average molecular weight is 458 g/mol. The third-order valence-electron chi connectivity index (χ3n) is 4.98. The third-order valence-corrected chi connectivity index (χ3v) is 5.47. The van der Waals surface area contributed by atoms with Crippen LogP contribution in [0, 0.1) is 0 Å². The molecule has 1 saturated heterocycles. The SMILES string of the molecule is FC(F)(F)COc1cccc(CNCC2(c3cccc(Br)c3)CCOCC2)c1. The Kier molecular flexibility index (Phi) is 7.01. The minimum absolute atomic E-state index is 0.0214. The first kappa shape index (κ1) is 21.1. The number of ether oxygens (including phenoxy) is 2. The van der Waals surface area contributed by atoms with Gasteiger partial charge in [0.25, 0.3) is 0 Å². The average Bonchev–Trinajstić information content (AvgIpc) is 2.67. The standard InChI is InChI=1S/C21H23BrF3NO2/c22-18-5-2-4-17(12-18)20(7-9-27-10-8-20)14-26-13-16-3-1-6-19(11-16)28-15-21(23,24)25/h1-6,11-12,26H,7-10,13-15H2. The molecule has 0 atom stereocenters. The zero-order valence-electron chi connectivity index (χ0n) is 15.4. The topological polar surface area (TPSA) is 30.5 Å². The van der Waals surface area contributed by atoms with Crippen molar-refractivity contribution in [2.45, 2.75) is 31.0 Å². The lowest BCUT2D eigenvalue weighted by Gasteiger charge is -2.38. The van der Waals surface area contributed by atoms with Crippen molar-refractivity contribution in [2.75, 3.05) is 26.4 Å². The lowest BCUT2D eigenvalue weighted by atomic mass is 9.74. The van der Waals surface area contributed by atoms with E-state index in [1.165, 1.54) is 11.6 Å². The third kappa shape index (κ3) is 5.96. The molecule has 0 spiro atoms. The summed E-state index contributed by atoms with van der Waals surface area (Å²) in [5.74, 6) is 0.226. The van der Waals surface area contributed by atoms with Gasteiger partial charge in [-0.1, -0.05) is 40.2 Å². The molecule has 3 nitrogen and oxygen atoms in total. The lowest BCUT2D eigenvalue weighted by Crippen LogP contribution is -2.42. The molecule has 0 aliphatic carbocycles. The molecule has 0 saturated carbocycles. The molecule has 28 heavy (non-hydrogen) atoms. The Morgan fingerprint density at radius 2 is 1.82 bits per heavy atom. The molecule has 0 unspecified atom stereocenters. The fourth-order valence-corrected chi connectivity index (χ4v) is 3.90. The Morgan fingerprint density at radius 1 is 1.07 bits per heavy atom. The van der Waals surface area contributed by atoms with E-state index < -0.39 is 12.8 Å². The lowest BCUT2D eigenvalue weighted by molar-refractivity contribution is -0.153. The predicted octanol–water partition coefficient (Wildman–Crippen LogP) is 5.23. The van der Waals surface area contributed by atoms with Crippen molar-refractivity contribution in [1.82, 2.24) is 5.32 Å². The molecule has 1 N–H and O–H groups in total. The van der Waals surface area contributed by atoms with Crippen LogP contribution in [0.2, 0.25) is 0 Å². The molecule has 1 aliphatic rings. The molecule has 152 valence electrons. The Bertz CT molecular complexity index is 776. The van der Waals surface area contributed by atoms with Crippen LogP contribution in [-0.4, -0.2) is 32.5 Å². The van der Waals surface area contributed by atoms with Gasteiger partial charge in [-0.15, -0.1) is 0 Å². The first-order valence-corrected chi connectivity index (χ1v) is 9.99. The van der Waals surface area contributed by atoms with Crippen LogP contribution >= 0.6 is 15.9 Å². The van der Waals surface area contributed by atoms with E-state index in [1.807, 2.05) is 18.2 Å². The van der Waals surface area contributed by atoms with Crippen LogP contribution in [0.3, 0.4) is 0 Å². The normalized spacial score (nSPS) is 16.7. The maximum Gasteiger partial charge on any atom is 0.422 e. The summed E-state index contributed by atoms with van der Waals surface area (Å²) in [5.41, 5.74) is 2.13. The summed E-state index contributed by atoms with van der Waals surface area (Å²) in [6.07, 6.45) is -2.50. The monoisotopic (exact) mass is 457 g/mol. The van der Waals surface area contributed by atoms with Crippen LogP contribution in [-0.2, 0) is 16.7 Å². The number of rotatable bonds is 7. The van der Waals surface area contributed by atoms with Gasteiger partial charge in [-0.3, -0.25) is 0 Å². The van der Waals surface area contributed by atoms with Crippen molar-refractivity contribution in [3.8, 4) is 5.75 Å². The highest BCUT2D eigenvalue weighted by atomic mass is 79.9. The highest BCUT2D eigenvalue weighted by molar-refractivity contribution is 9.10. The van der Waals surface area contributed by atoms with Crippen molar-refractivity contribution in [3.05, 3.63) is 64.1 Å². The van der Waals surface area contributed by atoms with Gasteiger partial charge in [0.2, 0.25) is 0 Å². The molecule has 1 heterocycles. The van der Waals surface area contributed by atoms with Crippen LogP contribution < -0.4 is 10.1 Å². The van der Waals surface area contributed by atoms with Crippen LogP contribution in [0.5, 0.6) is 5.75 Å². The summed E-state index contributed by atoms with van der Waals surface area (Å²) in [5, 5.41) is 3.48. The molecule has 0 amide bonds. The van der Waals surface area contributed by atoms with Gasteiger partial charge in [-0.05, 0) is 48.2 Å². The maximum atomic E-state index is 12.3. The molecule has 3 rings (SSSR count). The van der Waals surface area contributed by atoms with Gasteiger partial charge < -0.3 is 14.8 Å². The Balaban J connectivity index is 1.63. The summed E-state index contributed by atoms with van der Waals surface area (Å²) in [6, 6.07) is 15.1. The van der Waals surface area contributed by atoms with E-state index in [2.05, 4.69) is 33.4 Å². The summed E-state index contributed by atoms with van der Waals surface area (Å²) in [6.45, 7) is 1.47. The second kappa shape index (κ2) is 9.29. The van der Waals surface area contributed by atoms with Gasteiger partial charge in [-0.2, -0.15) is 13.2 Å². The number of halogens is 4. The van der Waals surface area contributed by atoms with E-state index in [0.717, 1.165) is 42.6 Å². The van der Waals surface area contributed by atoms with Gasteiger partial charge in [0.1, 0.15) is 5.75 Å². The Morgan fingerprint density at radius 3 is 2.54 bits per heavy atom. The minimum Gasteiger partial charge on any atom is -0.484 e. The van der Waals surface area contributed by atoms with Crippen LogP contribution in [0.4, 0.5) is 13.2 Å². The Labute approximate surface area is 171 Å². The molecular weight excluding hydrogens is 435 g/mol. The van der Waals surface area contributed by atoms with Crippen molar-refractivity contribution in [3.63, 3.8) is 0 Å². The number of hydrogen-bond donors (Lipinski definition) is 1. The van der Waals surface area contributed by atoms with Gasteiger partial charge in [0.05, 0.1) is 0 Å². The van der Waals surface area contributed by atoms with Gasteiger partial charge in [-0.25, -0.2) is 0 Å². The molecule has 1 fully saturated rings. The van der Waals surface area contributed by atoms with E-state index in [9.17, 15) is 13.2 Å². The van der Waals surface area contributed by atoms with E-state index in [0.29, 0.717) is 6.54 Å². The van der Waals surface area contributed by atoms with E-state index in [-0.39, 0.29) is 11.2 Å². The number of alkyl halides is 3. The fraction of sp³-hybridized carbons (Fsp3) is 0.429. The largest absolute Gasteiger partial charge is 0.484 e. The maximum absolute atomic E-state index is 12.3. The van der Waals surface area contributed by atoms with E-state index >= 15 is 0 Å². The number of benzene rings is 2. The summed E-state index contributed by atoms with van der Waals surface area (Å²) >= 11 is 3.55.